The Balaban J connectivity index is 1.95. The standard InChI is InChI=1S/C26H29F3N2O3S/c1-5-15-31(16-18-11-13-20(14-12-18)34-25(3,4)24(32)33)21(19-9-7-6-8-10-19)22-17(2)30-23(35-22)26(27,28)29/h6-14,21H,5,15-16H2,1-4H3,(H,32,33). The maximum atomic E-state index is 13.4. The molecule has 0 aliphatic carbocycles. The van der Waals surface area contributed by atoms with Crippen LogP contribution in [0.4, 0.5) is 13.2 Å². The molecule has 188 valence electrons. The van der Waals surface area contributed by atoms with Crippen molar-refractivity contribution < 1.29 is 27.8 Å². The molecule has 0 aliphatic rings. The highest BCUT2D eigenvalue weighted by molar-refractivity contribution is 7.12. The van der Waals surface area contributed by atoms with Crippen molar-refractivity contribution in [3.63, 3.8) is 0 Å². The molecule has 1 N–H and O–H groups in total. The highest BCUT2D eigenvalue weighted by atomic mass is 32.1. The van der Waals surface area contributed by atoms with Gasteiger partial charge in [-0.25, -0.2) is 9.78 Å². The highest BCUT2D eigenvalue weighted by Gasteiger charge is 2.37. The van der Waals surface area contributed by atoms with Crippen LogP contribution in [0.25, 0.3) is 0 Å². The zero-order valence-corrected chi connectivity index (χ0v) is 20.9. The van der Waals surface area contributed by atoms with Gasteiger partial charge in [0, 0.05) is 11.4 Å². The van der Waals surface area contributed by atoms with Gasteiger partial charge in [-0.15, -0.1) is 11.3 Å². The summed E-state index contributed by atoms with van der Waals surface area (Å²) < 4.78 is 45.9. The van der Waals surface area contributed by atoms with E-state index in [2.05, 4.69) is 9.88 Å². The van der Waals surface area contributed by atoms with Crippen LogP contribution in [0.15, 0.2) is 54.6 Å². The number of ether oxygens (including phenoxy) is 1. The van der Waals surface area contributed by atoms with Crippen LogP contribution < -0.4 is 4.74 Å². The third-order valence-electron chi connectivity index (χ3n) is 5.51. The molecule has 5 nitrogen and oxygen atoms in total. The second kappa shape index (κ2) is 10.8. The number of aliphatic carboxylic acids is 1. The molecule has 0 radical (unpaired) electrons. The molecule has 0 amide bonds. The molecule has 0 aliphatic heterocycles. The number of carbonyl (C=O) groups is 1. The number of hydrogen-bond donors (Lipinski definition) is 1. The number of aromatic nitrogens is 1. The van der Waals surface area contributed by atoms with E-state index in [9.17, 15) is 23.1 Å². The summed E-state index contributed by atoms with van der Waals surface area (Å²) in [5.74, 6) is -0.643. The molecule has 0 saturated carbocycles. The summed E-state index contributed by atoms with van der Waals surface area (Å²) in [5.41, 5.74) is 0.827. The Labute approximate surface area is 207 Å². The predicted molar refractivity (Wildman–Crippen MR) is 130 cm³/mol. The molecule has 3 rings (SSSR count). The van der Waals surface area contributed by atoms with Gasteiger partial charge in [0.1, 0.15) is 5.75 Å². The molecule has 1 aromatic heterocycles. The summed E-state index contributed by atoms with van der Waals surface area (Å²) >= 11 is 0.692. The number of nitrogens with zero attached hydrogens (tertiary/aromatic N) is 2. The van der Waals surface area contributed by atoms with E-state index >= 15 is 0 Å². The van der Waals surface area contributed by atoms with Gasteiger partial charge in [0.15, 0.2) is 10.6 Å². The normalized spacial score (nSPS) is 13.1. The summed E-state index contributed by atoms with van der Waals surface area (Å²) in [7, 11) is 0. The first-order chi connectivity index (χ1) is 16.4. The van der Waals surface area contributed by atoms with Crippen LogP contribution in [-0.4, -0.2) is 33.1 Å². The Kier molecular flexibility index (Phi) is 8.22. The Morgan fingerprint density at radius 1 is 1.11 bits per heavy atom. The first-order valence-electron chi connectivity index (χ1n) is 11.3. The topological polar surface area (TPSA) is 62.7 Å². The molecule has 1 heterocycles. The molecule has 9 heteroatoms. The Hall–Kier alpha value is -2.91. The van der Waals surface area contributed by atoms with Gasteiger partial charge in [0.25, 0.3) is 0 Å². The van der Waals surface area contributed by atoms with Crippen molar-refractivity contribution in [3.8, 4) is 5.75 Å². The highest BCUT2D eigenvalue weighted by Crippen LogP contribution is 2.41. The smallest absolute Gasteiger partial charge is 0.443 e. The lowest BCUT2D eigenvalue weighted by Gasteiger charge is -2.32. The lowest BCUT2D eigenvalue weighted by molar-refractivity contribution is -0.152. The van der Waals surface area contributed by atoms with E-state index in [1.807, 2.05) is 49.4 Å². The molecule has 3 aromatic rings. The number of halogens is 3. The van der Waals surface area contributed by atoms with E-state index in [1.54, 1.807) is 19.1 Å². The van der Waals surface area contributed by atoms with Crippen LogP contribution in [0.1, 0.15) is 59.9 Å². The summed E-state index contributed by atoms with van der Waals surface area (Å²) in [6.07, 6.45) is -3.69. The number of hydrogen-bond acceptors (Lipinski definition) is 5. The third kappa shape index (κ3) is 6.61. The fourth-order valence-electron chi connectivity index (χ4n) is 3.77. The van der Waals surface area contributed by atoms with Crippen molar-refractivity contribution in [3.05, 3.63) is 81.3 Å². The largest absolute Gasteiger partial charge is 0.478 e. The molecule has 2 aromatic carbocycles. The van der Waals surface area contributed by atoms with E-state index in [4.69, 9.17) is 4.74 Å². The maximum absolute atomic E-state index is 13.4. The van der Waals surface area contributed by atoms with Gasteiger partial charge in [-0.05, 0) is 57.0 Å². The minimum atomic E-state index is -4.50. The van der Waals surface area contributed by atoms with Crippen LogP contribution in [0.5, 0.6) is 5.75 Å². The van der Waals surface area contributed by atoms with Crippen molar-refractivity contribution in [1.29, 1.82) is 0 Å². The maximum Gasteiger partial charge on any atom is 0.443 e. The van der Waals surface area contributed by atoms with Gasteiger partial charge in [-0.1, -0.05) is 49.4 Å². The Morgan fingerprint density at radius 3 is 2.26 bits per heavy atom. The van der Waals surface area contributed by atoms with Gasteiger partial charge >= 0.3 is 12.1 Å². The van der Waals surface area contributed by atoms with E-state index in [-0.39, 0.29) is 0 Å². The predicted octanol–water partition coefficient (Wildman–Crippen LogP) is 6.71. The van der Waals surface area contributed by atoms with E-state index in [0.717, 1.165) is 17.5 Å². The molecular weight excluding hydrogens is 477 g/mol. The molecule has 0 saturated heterocycles. The molecular formula is C26H29F3N2O3S. The van der Waals surface area contributed by atoms with Gasteiger partial charge in [0.05, 0.1) is 11.7 Å². The molecule has 35 heavy (non-hydrogen) atoms. The second-order valence-corrected chi connectivity index (χ2v) is 9.84. The number of carboxylic acid groups (broad SMARTS) is 1. The number of rotatable bonds is 10. The summed E-state index contributed by atoms with van der Waals surface area (Å²) in [4.78, 5) is 17.9. The average Bonchev–Trinajstić information content (AvgIpc) is 3.18. The van der Waals surface area contributed by atoms with E-state index in [0.29, 0.717) is 40.7 Å². The average molecular weight is 507 g/mol. The third-order valence-corrected chi connectivity index (χ3v) is 6.77. The number of carboxylic acids is 1. The summed E-state index contributed by atoms with van der Waals surface area (Å²) in [6.45, 7) is 7.74. The van der Waals surface area contributed by atoms with Gasteiger partial charge in [-0.3, -0.25) is 4.90 Å². The summed E-state index contributed by atoms with van der Waals surface area (Å²) in [5, 5.41) is 8.44. The van der Waals surface area contributed by atoms with Crippen molar-refractivity contribution in [2.75, 3.05) is 6.54 Å². The molecule has 1 unspecified atom stereocenters. The minimum absolute atomic E-state index is 0.372. The number of benzene rings is 2. The second-order valence-electron chi connectivity index (χ2n) is 8.81. The van der Waals surface area contributed by atoms with Gasteiger partial charge < -0.3 is 9.84 Å². The van der Waals surface area contributed by atoms with Crippen LogP contribution in [0.3, 0.4) is 0 Å². The van der Waals surface area contributed by atoms with Gasteiger partial charge in [0.2, 0.25) is 0 Å². The van der Waals surface area contributed by atoms with Crippen molar-refractivity contribution in [2.45, 2.75) is 58.5 Å². The lowest BCUT2D eigenvalue weighted by Crippen LogP contribution is -2.37. The zero-order valence-electron chi connectivity index (χ0n) is 20.1. The lowest BCUT2D eigenvalue weighted by atomic mass is 10.0. The number of alkyl halides is 3. The number of aryl methyl sites for hydroxylation is 1. The monoisotopic (exact) mass is 506 g/mol. The molecule has 1 atom stereocenters. The fraction of sp³-hybridized carbons (Fsp3) is 0.385. The molecule has 0 spiro atoms. The quantitative estimate of drug-likeness (QED) is 0.331. The Bertz CT molecular complexity index is 1130. The SMILES string of the molecule is CCCN(Cc1ccc(OC(C)(C)C(=O)O)cc1)C(c1ccccc1)c1sc(C(F)(F)F)nc1C. The number of thiazole rings is 1. The van der Waals surface area contributed by atoms with Crippen molar-refractivity contribution >= 4 is 17.3 Å². The van der Waals surface area contributed by atoms with E-state index in [1.165, 1.54) is 13.8 Å². The first-order valence-corrected chi connectivity index (χ1v) is 12.1. The fourth-order valence-corrected chi connectivity index (χ4v) is 4.87. The minimum Gasteiger partial charge on any atom is -0.478 e. The Morgan fingerprint density at radius 2 is 1.74 bits per heavy atom. The van der Waals surface area contributed by atoms with Crippen LogP contribution in [0.2, 0.25) is 0 Å². The van der Waals surface area contributed by atoms with Crippen LogP contribution >= 0.6 is 11.3 Å². The summed E-state index contributed by atoms with van der Waals surface area (Å²) in [6, 6.07) is 16.2. The van der Waals surface area contributed by atoms with Crippen LogP contribution in [-0.2, 0) is 17.5 Å². The van der Waals surface area contributed by atoms with Crippen LogP contribution in [0, 0.1) is 6.92 Å². The van der Waals surface area contributed by atoms with Crippen molar-refractivity contribution in [1.82, 2.24) is 9.88 Å². The first kappa shape index (κ1) is 26.7. The molecule has 0 fully saturated rings. The molecule has 0 bridgehead atoms. The van der Waals surface area contributed by atoms with E-state index < -0.39 is 28.8 Å². The zero-order chi connectivity index (χ0) is 25.8. The van der Waals surface area contributed by atoms with Crippen molar-refractivity contribution in [2.24, 2.45) is 0 Å². The van der Waals surface area contributed by atoms with Gasteiger partial charge in [-0.2, -0.15) is 13.2 Å².